The molecule has 2 rings (SSSR count). The van der Waals surface area contributed by atoms with E-state index in [1.807, 2.05) is 18.7 Å². The summed E-state index contributed by atoms with van der Waals surface area (Å²) in [6.45, 7) is 6.14. The summed E-state index contributed by atoms with van der Waals surface area (Å²) < 4.78 is 32.1. The highest BCUT2D eigenvalue weighted by Gasteiger charge is 2.30. The molecule has 10 nitrogen and oxygen atoms in total. The molecule has 11 heteroatoms. The Balaban J connectivity index is 2.08. The van der Waals surface area contributed by atoms with Crippen LogP contribution >= 0.6 is 0 Å². The van der Waals surface area contributed by atoms with Crippen LogP contribution in [-0.4, -0.2) is 73.1 Å². The number of rotatable bonds is 12. The third-order valence-corrected chi connectivity index (χ3v) is 6.79. The van der Waals surface area contributed by atoms with Crippen molar-refractivity contribution >= 4 is 15.7 Å². The number of aliphatic hydroxyl groups excluding tert-OH is 1. The van der Waals surface area contributed by atoms with Crippen LogP contribution in [0, 0.1) is 27.4 Å². The van der Waals surface area contributed by atoms with Crippen molar-refractivity contribution in [3.63, 3.8) is 0 Å². The Bertz CT molecular complexity index is 893. The molecule has 1 N–H and O–H groups in total. The number of sulfonamides is 1. The van der Waals surface area contributed by atoms with E-state index in [1.165, 1.54) is 16.4 Å². The van der Waals surface area contributed by atoms with Gasteiger partial charge in [-0.3, -0.25) is 15.0 Å². The number of hydrogen-bond acceptors (Lipinski definition) is 8. The largest absolute Gasteiger partial charge is 0.484 e. The second-order valence-corrected chi connectivity index (χ2v) is 9.96. The third kappa shape index (κ3) is 7.14. The Kier molecular flexibility index (Phi) is 9.18. The summed E-state index contributed by atoms with van der Waals surface area (Å²) in [5.74, 6) is 0.245. The van der Waals surface area contributed by atoms with Crippen LogP contribution in [0.4, 0.5) is 5.69 Å². The van der Waals surface area contributed by atoms with Crippen molar-refractivity contribution in [2.24, 2.45) is 5.92 Å². The Labute approximate surface area is 183 Å². The predicted molar refractivity (Wildman–Crippen MR) is 114 cm³/mol. The molecule has 1 saturated heterocycles. The highest BCUT2D eigenvalue weighted by molar-refractivity contribution is 7.89. The quantitative estimate of drug-likeness (QED) is 0.374. The zero-order valence-corrected chi connectivity index (χ0v) is 18.8. The Morgan fingerprint density at radius 2 is 2.00 bits per heavy atom. The van der Waals surface area contributed by atoms with E-state index in [1.54, 1.807) is 0 Å². The van der Waals surface area contributed by atoms with E-state index in [2.05, 4.69) is 6.07 Å². The first-order valence-corrected chi connectivity index (χ1v) is 11.8. The number of nitriles is 1. The lowest BCUT2D eigenvalue weighted by molar-refractivity contribution is -0.386. The highest BCUT2D eigenvalue weighted by Crippen LogP contribution is 2.32. The SMILES string of the molecule is CC(C)CN(CCC#N)C[C@H](O)COc1ccc(S(=O)(=O)N2CCCC2)cc1[N+](=O)[O-]. The van der Waals surface area contributed by atoms with Crippen molar-refractivity contribution in [3.8, 4) is 11.8 Å². The molecule has 172 valence electrons. The fourth-order valence-electron chi connectivity index (χ4n) is 3.52. The van der Waals surface area contributed by atoms with Crippen LogP contribution in [0.25, 0.3) is 0 Å². The number of nitro benzene ring substituents is 1. The lowest BCUT2D eigenvalue weighted by Crippen LogP contribution is -2.38. The van der Waals surface area contributed by atoms with Crippen molar-refractivity contribution in [2.45, 2.75) is 44.1 Å². The number of nitrogens with zero attached hydrogens (tertiary/aromatic N) is 4. The van der Waals surface area contributed by atoms with Crippen molar-refractivity contribution in [2.75, 3.05) is 39.3 Å². The molecule has 1 fully saturated rings. The van der Waals surface area contributed by atoms with E-state index in [0.717, 1.165) is 18.9 Å². The van der Waals surface area contributed by atoms with Crippen LogP contribution in [0.1, 0.15) is 33.1 Å². The van der Waals surface area contributed by atoms with Gasteiger partial charge in [-0.05, 0) is 30.9 Å². The van der Waals surface area contributed by atoms with Gasteiger partial charge in [-0.1, -0.05) is 13.8 Å². The maximum Gasteiger partial charge on any atom is 0.312 e. The van der Waals surface area contributed by atoms with Crippen LogP contribution < -0.4 is 4.74 Å². The summed E-state index contributed by atoms with van der Waals surface area (Å²) in [6.07, 6.45) is 0.939. The van der Waals surface area contributed by atoms with Crippen LogP contribution in [0.3, 0.4) is 0 Å². The second kappa shape index (κ2) is 11.4. The molecule has 1 aromatic rings. The lowest BCUT2D eigenvalue weighted by atomic mass is 10.2. The molecule has 0 bridgehead atoms. The molecule has 1 aromatic carbocycles. The van der Waals surface area contributed by atoms with Gasteiger partial charge in [-0.2, -0.15) is 9.57 Å². The molecule has 0 aromatic heterocycles. The molecule has 1 atom stereocenters. The van der Waals surface area contributed by atoms with Crippen molar-refractivity contribution in [1.82, 2.24) is 9.21 Å². The first-order valence-electron chi connectivity index (χ1n) is 10.3. The molecule has 31 heavy (non-hydrogen) atoms. The van der Waals surface area contributed by atoms with Crippen molar-refractivity contribution in [1.29, 1.82) is 5.26 Å². The topological polar surface area (TPSA) is 137 Å². The molecule has 1 heterocycles. The Morgan fingerprint density at radius 1 is 1.32 bits per heavy atom. The first-order chi connectivity index (χ1) is 14.6. The van der Waals surface area contributed by atoms with Gasteiger partial charge in [-0.25, -0.2) is 8.42 Å². The number of benzene rings is 1. The van der Waals surface area contributed by atoms with Crippen molar-refractivity contribution in [3.05, 3.63) is 28.3 Å². The van der Waals surface area contributed by atoms with E-state index in [4.69, 9.17) is 10.00 Å². The molecule has 0 unspecified atom stereocenters. The molecular weight excluding hydrogens is 424 g/mol. The van der Waals surface area contributed by atoms with Crippen molar-refractivity contribution < 1.29 is 23.2 Å². The third-order valence-electron chi connectivity index (χ3n) is 4.89. The summed E-state index contributed by atoms with van der Waals surface area (Å²) in [5, 5.41) is 30.6. The molecule has 0 amide bonds. The fourth-order valence-corrected chi connectivity index (χ4v) is 5.06. The predicted octanol–water partition coefficient (Wildman–Crippen LogP) is 1.99. The average molecular weight is 455 g/mol. The van der Waals surface area contributed by atoms with Crippen LogP contribution in [-0.2, 0) is 10.0 Å². The Morgan fingerprint density at radius 3 is 2.58 bits per heavy atom. The minimum Gasteiger partial charge on any atom is -0.484 e. The average Bonchev–Trinajstić information content (AvgIpc) is 3.25. The smallest absolute Gasteiger partial charge is 0.312 e. The molecule has 0 aliphatic carbocycles. The zero-order chi connectivity index (χ0) is 23.0. The molecule has 1 aliphatic heterocycles. The van der Waals surface area contributed by atoms with Gasteiger partial charge in [0.1, 0.15) is 12.7 Å². The molecule has 0 spiro atoms. The van der Waals surface area contributed by atoms with E-state index >= 15 is 0 Å². The summed E-state index contributed by atoms with van der Waals surface area (Å²) >= 11 is 0. The normalized spacial score (nSPS) is 15.9. The number of aliphatic hydroxyl groups is 1. The number of nitro groups is 1. The van der Waals surface area contributed by atoms with E-state index in [9.17, 15) is 23.6 Å². The standard InChI is InChI=1S/C20H30N4O6S/c1-16(2)13-22(9-5-8-21)14-17(25)15-30-20-7-6-18(12-19(20)24(26)27)31(28,29)23-10-3-4-11-23/h6-7,12,16-17,25H,3-5,9-11,13-15H2,1-2H3/t17-/m0/s1. The van der Waals surface area contributed by atoms with Gasteiger partial charge < -0.3 is 9.84 Å². The van der Waals surface area contributed by atoms with E-state index < -0.39 is 26.7 Å². The lowest BCUT2D eigenvalue weighted by Gasteiger charge is -2.25. The van der Waals surface area contributed by atoms with Gasteiger partial charge in [0.05, 0.1) is 15.9 Å². The molecular formula is C20H30N4O6S. The monoisotopic (exact) mass is 454 g/mol. The van der Waals surface area contributed by atoms with Gasteiger partial charge in [0.15, 0.2) is 5.75 Å². The summed E-state index contributed by atoms with van der Waals surface area (Å²) in [7, 11) is -3.79. The zero-order valence-electron chi connectivity index (χ0n) is 17.9. The first kappa shape index (κ1) is 25.0. The maximum atomic E-state index is 12.7. The number of hydrogen-bond donors (Lipinski definition) is 1. The maximum absolute atomic E-state index is 12.7. The van der Waals surface area contributed by atoms with Gasteiger partial charge >= 0.3 is 5.69 Å². The molecule has 1 aliphatic rings. The molecule has 0 saturated carbocycles. The van der Waals surface area contributed by atoms with Gasteiger partial charge in [0.2, 0.25) is 10.0 Å². The van der Waals surface area contributed by atoms with Crippen LogP contribution in [0.5, 0.6) is 5.75 Å². The van der Waals surface area contributed by atoms with E-state index in [0.29, 0.717) is 38.5 Å². The summed E-state index contributed by atoms with van der Waals surface area (Å²) in [4.78, 5) is 12.6. The van der Waals surface area contributed by atoms with Crippen LogP contribution in [0.2, 0.25) is 0 Å². The Hall–Kier alpha value is -2.26. The number of ether oxygens (including phenoxy) is 1. The van der Waals surface area contributed by atoms with Gasteiger partial charge in [0.25, 0.3) is 0 Å². The van der Waals surface area contributed by atoms with Gasteiger partial charge in [0, 0.05) is 45.2 Å². The highest BCUT2D eigenvalue weighted by atomic mass is 32.2. The second-order valence-electron chi connectivity index (χ2n) is 8.02. The summed E-state index contributed by atoms with van der Waals surface area (Å²) in [5.41, 5.74) is -0.462. The summed E-state index contributed by atoms with van der Waals surface area (Å²) in [6, 6.07) is 5.64. The molecule has 0 radical (unpaired) electrons. The minimum atomic E-state index is -3.79. The van der Waals surface area contributed by atoms with E-state index in [-0.39, 0.29) is 23.8 Å². The van der Waals surface area contributed by atoms with Gasteiger partial charge in [-0.15, -0.1) is 0 Å². The fraction of sp³-hybridized carbons (Fsp3) is 0.650. The van der Waals surface area contributed by atoms with Crippen LogP contribution in [0.15, 0.2) is 23.1 Å². The minimum absolute atomic E-state index is 0.100.